The van der Waals surface area contributed by atoms with Crippen molar-refractivity contribution in [2.45, 2.75) is 51.0 Å². The fourth-order valence-corrected chi connectivity index (χ4v) is 5.73. The molecule has 0 saturated heterocycles. The lowest BCUT2D eigenvalue weighted by Gasteiger charge is -2.36. The van der Waals surface area contributed by atoms with Gasteiger partial charge in [0.05, 0.1) is 44.2 Å². The number of nitrogens with zero attached hydrogens (tertiary/aromatic N) is 4. The van der Waals surface area contributed by atoms with E-state index in [0.29, 0.717) is 22.1 Å². The fourth-order valence-electron chi connectivity index (χ4n) is 5.41. The second kappa shape index (κ2) is 6.92. The van der Waals surface area contributed by atoms with E-state index in [1.807, 2.05) is 10.8 Å². The highest BCUT2D eigenvalue weighted by Crippen LogP contribution is 2.67. The Hall–Kier alpha value is -2.18. The summed E-state index contributed by atoms with van der Waals surface area (Å²) < 4.78 is 2.01. The third-order valence-corrected chi connectivity index (χ3v) is 7.79. The van der Waals surface area contributed by atoms with Gasteiger partial charge in [0.1, 0.15) is 0 Å². The van der Waals surface area contributed by atoms with Crippen LogP contribution in [0.5, 0.6) is 0 Å². The maximum absolute atomic E-state index is 13.6. The number of nitrogens with one attached hydrogen (secondary N) is 1. The zero-order chi connectivity index (χ0) is 21.1. The molecule has 2 aliphatic rings. The number of imidazole rings is 1. The van der Waals surface area contributed by atoms with Gasteiger partial charge < -0.3 is 9.88 Å². The number of amides is 1. The summed E-state index contributed by atoms with van der Waals surface area (Å²) in [6, 6.07) is 3.50. The first-order chi connectivity index (χ1) is 14.3. The highest BCUT2D eigenvalue weighted by Gasteiger charge is 2.67. The molecule has 1 aromatic carbocycles. The lowest BCUT2D eigenvalue weighted by Crippen LogP contribution is -2.50. The summed E-state index contributed by atoms with van der Waals surface area (Å²) in [5.41, 5.74) is 2.22. The first kappa shape index (κ1) is 19.8. The van der Waals surface area contributed by atoms with Crippen molar-refractivity contribution in [1.82, 2.24) is 24.8 Å². The minimum absolute atomic E-state index is 0.0492. The Morgan fingerprint density at radius 2 is 1.97 bits per heavy atom. The summed E-state index contributed by atoms with van der Waals surface area (Å²) in [6.07, 6.45) is 8.03. The topological polar surface area (TPSA) is 72.7 Å². The van der Waals surface area contributed by atoms with E-state index < -0.39 is 5.41 Å². The summed E-state index contributed by atoms with van der Waals surface area (Å²) >= 11 is 12.4. The van der Waals surface area contributed by atoms with Crippen molar-refractivity contribution < 1.29 is 4.79 Å². The smallest absolute Gasteiger partial charge is 0.232 e. The van der Waals surface area contributed by atoms with Gasteiger partial charge in [0.2, 0.25) is 5.91 Å². The van der Waals surface area contributed by atoms with Gasteiger partial charge in [-0.25, -0.2) is 15.0 Å². The van der Waals surface area contributed by atoms with E-state index in [1.54, 1.807) is 24.7 Å². The quantitative estimate of drug-likeness (QED) is 0.589. The van der Waals surface area contributed by atoms with Crippen LogP contribution in [0.4, 0.5) is 0 Å². The predicted octanol–water partition coefficient (Wildman–Crippen LogP) is 4.49. The Morgan fingerprint density at radius 1 is 1.23 bits per heavy atom. The molecule has 1 N–H and O–H groups in total. The highest BCUT2D eigenvalue weighted by atomic mass is 35.5. The van der Waals surface area contributed by atoms with E-state index in [-0.39, 0.29) is 17.2 Å². The van der Waals surface area contributed by atoms with Crippen molar-refractivity contribution in [3.63, 3.8) is 0 Å². The Balaban J connectivity index is 1.47. The molecule has 5 rings (SSSR count). The van der Waals surface area contributed by atoms with Crippen LogP contribution in [-0.4, -0.2) is 32.0 Å². The normalized spacial score (nSPS) is 23.7. The number of fused-ring (bicyclic) bond motifs is 6. The molecule has 3 aromatic rings. The summed E-state index contributed by atoms with van der Waals surface area (Å²) in [5.74, 6) is 0.253. The van der Waals surface area contributed by atoms with Crippen molar-refractivity contribution in [2.75, 3.05) is 6.54 Å². The standard InChI is InChI=1S/C22H23Cl2N5O/c1-21(2)13-4-5-22(21,20(30)26-6-3-8-29-9-7-25-12-29)19-18(13)27-16-10-14(23)15(24)11-17(16)28-19/h7,9-13H,3-6,8H2,1-2H3,(H,26,30). The van der Waals surface area contributed by atoms with Gasteiger partial charge in [-0.05, 0) is 36.8 Å². The molecule has 0 spiro atoms. The van der Waals surface area contributed by atoms with Gasteiger partial charge >= 0.3 is 0 Å². The lowest BCUT2D eigenvalue weighted by molar-refractivity contribution is -0.130. The van der Waals surface area contributed by atoms with Crippen molar-refractivity contribution in [1.29, 1.82) is 0 Å². The van der Waals surface area contributed by atoms with Gasteiger partial charge in [0.15, 0.2) is 0 Å². The largest absolute Gasteiger partial charge is 0.355 e. The predicted molar refractivity (Wildman–Crippen MR) is 117 cm³/mol. The highest BCUT2D eigenvalue weighted by molar-refractivity contribution is 6.42. The number of halogens is 2. The van der Waals surface area contributed by atoms with E-state index in [2.05, 4.69) is 24.1 Å². The number of carbonyl (C=O) groups excluding carboxylic acids is 1. The molecule has 2 aromatic heterocycles. The van der Waals surface area contributed by atoms with Crippen molar-refractivity contribution in [3.05, 3.63) is 52.3 Å². The Labute approximate surface area is 185 Å². The molecule has 2 heterocycles. The minimum Gasteiger partial charge on any atom is -0.355 e. The van der Waals surface area contributed by atoms with E-state index in [9.17, 15) is 4.79 Å². The van der Waals surface area contributed by atoms with E-state index in [1.165, 1.54) is 0 Å². The molecule has 2 bridgehead atoms. The average molecular weight is 444 g/mol. The first-order valence-corrected chi connectivity index (χ1v) is 11.0. The number of benzene rings is 1. The zero-order valence-corrected chi connectivity index (χ0v) is 18.5. The van der Waals surface area contributed by atoms with Crippen LogP contribution in [0, 0.1) is 5.41 Å². The number of rotatable bonds is 5. The third kappa shape index (κ3) is 2.70. The second-order valence-electron chi connectivity index (χ2n) is 8.84. The molecule has 1 amide bonds. The molecule has 1 fully saturated rings. The third-order valence-electron chi connectivity index (χ3n) is 7.07. The number of aryl methyl sites for hydroxylation is 1. The van der Waals surface area contributed by atoms with Gasteiger partial charge in [-0.15, -0.1) is 0 Å². The van der Waals surface area contributed by atoms with Crippen molar-refractivity contribution in [3.8, 4) is 0 Å². The molecule has 2 aliphatic carbocycles. The SMILES string of the molecule is CC1(C)C2CCC1(C(=O)NCCCn1ccnc1)c1nc3cc(Cl)c(Cl)cc3nc12. The van der Waals surface area contributed by atoms with Crippen molar-refractivity contribution in [2.24, 2.45) is 5.41 Å². The van der Waals surface area contributed by atoms with Crippen LogP contribution in [-0.2, 0) is 16.8 Å². The maximum Gasteiger partial charge on any atom is 0.232 e. The molecule has 0 radical (unpaired) electrons. The number of hydrogen-bond donors (Lipinski definition) is 1. The summed E-state index contributed by atoms with van der Waals surface area (Å²) in [7, 11) is 0. The summed E-state index contributed by atoms with van der Waals surface area (Å²) in [6.45, 7) is 5.77. The number of carbonyl (C=O) groups is 1. The number of hydrogen-bond acceptors (Lipinski definition) is 4. The first-order valence-electron chi connectivity index (χ1n) is 10.3. The molecular weight excluding hydrogens is 421 g/mol. The Morgan fingerprint density at radius 3 is 2.67 bits per heavy atom. The molecule has 2 unspecified atom stereocenters. The zero-order valence-electron chi connectivity index (χ0n) is 17.0. The maximum atomic E-state index is 13.6. The lowest BCUT2D eigenvalue weighted by atomic mass is 9.67. The van der Waals surface area contributed by atoms with Crippen LogP contribution < -0.4 is 5.32 Å². The molecule has 156 valence electrons. The molecule has 8 heteroatoms. The summed E-state index contributed by atoms with van der Waals surface area (Å²) in [4.78, 5) is 27.4. The van der Waals surface area contributed by atoms with E-state index >= 15 is 0 Å². The molecule has 1 saturated carbocycles. The fraction of sp³-hybridized carbons (Fsp3) is 0.455. The van der Waals surface area contributed by atoms with Crippen molar-refractivity contribution >= 4 is 40.1 Å². The van der Waals surface area contributed by atoms with Crippen LogP contribution >= 0.6 is 23.2 Å². The molecule has 0 aliphatic heterocycles. The van der Waals surface area contributed by atoms with Gasteiger partial charge in [-0.1, -0.05) is 37.0 Å². The van der Waals surface area contributed by atoms with Gasteiger partial charge in [0.25, 0.3) is 0 Å². The van der Waals surface area contributed by atoms with E-state index in [0.717, 1.165) is 42.7 Å². The Kier molecular flexibility index (Phi) is 4.56. The second-order valence-corrected chi connectivity index (χ2v) is 9.66. The average Bonchev–Trinajstić information content (AvgIpc) is 3.36. The van der Waals surface area contributed by atoms with Gasteiger partial charge in [-0.3, -0.25) is 4.79 Å². The van der Waals surface area contributed by atoms with Gasteiger partial charge in [-0.2, -0.15) is 0 Å². The molecule has 2 atom stereocenters. The van der Waals surface area contributed by atoms with Crippen LogP contribution in [0.2, 0.25) is 10.0 Å². The minimum atomic E-state index is -0.671. The van der Waals surface area contributed by atoms with Crippen LogP contribution in [0.3, 0.4) is 0 Å². The van der Waals surface area contributed by atoms with Crippen LogP contribution in [0.1, 0.15) is 50.4 Å². The monoisotopic (exact) mass is 443 g/mol. The number of aromatic nitrogens is 4. The molecule has 6 nitrogen and oxygen atoms in total. The molecular formula is C22H23Cl2N5O. The Bertz CT molecular complexity index is 1140. The van der Waals surface area contributed by atoms with Crippen LogP contribution in [0.25, 0.3) is 11.0 Å². The summed E-state index contributed by atoms with van der Waals surface area (Å²) in [5, 5.41) is 4.09. The molecule has 30 heavy (non-hydrogen) atoms. The van der Waals surface area contributed by atoms with E-state index in [4.69, 9.17) is 33.2 Å². The van der Waals surface area contributed by atoms with Crippen LogP contribution in [0.15, 0.2) is 30.9 Å². The van der Waals surface area contributed by atoms with Gasteiger partial charge in [0, 0.05) is 31.4 Å².